The van der Waals surface area contributed by atoms with Crippen molar-refractivity contribution >= 4 is 10.9 Å². The summed E-state index contributed by atoms with van der Waals surface area (Å²) in [5.41, 5.74) is 1.66. The SMILES string of the molecule is O=c1[nH]c2ccccc2cc1CNC[C@@H]([C@H]1CCOC1)N1CCOCC1. The number of morpholine rings is 1. The van der Waals surface area contributed by atoms with Gasteiger partial charge in [-0.3, -0.25) is 9.69 Å². The van der Waals surface area contributed by atoms with E-state index in [1.807, 2.05) is 30.3 Å². The van der Waals surface area contributed by atoms with Crippen molar-refractivity contribution in [2.45, 2.75) is 19.0 Å². The van der Waals surface area contributed by atoms with Crippen LogP contribution in [-0.4, -0.2) is 62.0 Å². The normalized spacial score (nSPS) is 22.7. The summed E-state index contributed by atoms with van der Waals surface area (Å²) in [5, 5.41) is 4.59. The standard InChI is InChI=1S/C20H27N3O3/c24-20-17(11-15-3-1-2-4-18(15)22-20)12-21-13-19(16-5-8-26-14-16)23-6-9-25-10-7-23/h1-4,11,16,19,21H,5-10,12-14H2,(H,22,24)/t16-,19-/m0/s1. The molecule has 0 saturated carbocycles. The minimum absolute atomic E-state index is 0.0108. The molecule has 1 aromatic carbocycles. The van der Waals surface area contributed by atoms with E-state index in [0.717, 1.165) is 68.9 Å². The van der Waals surface area contributed by atoms with Gasteiger partial charge in [-0.25, -0.2) is 0 Å². The Balaban J connectivity index is 1.42. The quantitative estimate of drug-likeness (QED) is 0.817. The number of benzene rings is 1. The number of H-pyrrole nitrogens is 1. The molecule has 2 aliphatic heterocycles. The molecule has 2 saturated heterocycles. The Bertz CT molecular complexity index is 779. The molecular formula is C20H27N3O3. The van der Waals surface area contributed by atoms with Gasteiger partial charge in [-0.05, 0) is 23.9 Å². The predicted octanol–water partition coefficient (Wildman–Crippen LogP) is 1.35. The molecule has 2 atom stereocenters. The Labute approximate surface area is 153 Å². The van der Waals surface area contributed by atoms with Crippen LogP contribution in [0.3, 0.4) is 0 Å². The van der Waals surface area contributed by atoms with Crippen molar-refractivity contribution in [1.29, 1.82) is 0 Å². The van der Waals surface area contributed by atoms with E-state index in [1.54, 1.807) is 0 Å². The highest BCUT2D eigenvalue weighted by Gasteiger charge is 2.31. The molecule has 4 rings (SSSR count). The van der Waals surface area contributed by atoms with Crippen LogP contribution in [-0.2, 0) is 16.0 Å². The summed E-state index contributed by atoms with van der Waals surface area (Å²) in [4.78, 5) is 17.8. The van der Waals surface area contributed by atoms with E-state index in [1.165, 1.54) is 0 Å². The summed E-state index contributed by atoms with van der Waals surface area (Å²) in [6, 6.07) is 10.3. The van der Waals surface area contributed by atoms with Gasteiger partial charge in [0.2, 0.25) is 0 Å². The van der Waals surface area contributed by atoms with Crippen molar-refractivity contribution in [1.82, 2.24) is 15.2 Å². The van der Waals surface area contributed by atoms with Crippen LogP contribution in [0.25, 0.3) is 10.9 Å². The van der Waals surface area contributed by atoms with E-state index in [9.17, 15) is 4.79 Å². The van der Waals surface area contributed by atoms with Gasteiger partial charge in [-0.15, -0.1) is 0 Å². The molecule has 0 aliphatic carbocycles. The fourth-order valence-corrected chi connectivity index (χ4v) is 4.04. The second-order valence-corrected chi connectivity index (χ2v) is 7.18. The summed E-state index contributed by atoms with van der Waals surface area (Å²) >= 11 is 0. The second-order valence-electron chi connectivity index (χ2n) is 7.18. The largest absolute Gasteiger partial charge is 0.381 e. The molecule has 0 spiro atoms. The number of para-hydroxylation sites is 1. The van der Waals surface area contributed by atoms with Crippen molar-refractivity contribution in [3.05, 3.63) is 46.2 Å². The van der Waals surface area contributed by atoms with E-state index in [2.05, 4.69) is 15.2 Å². The number of hydrogen-bond acceptors (Lipinski definition) is 5. The number of nitrogens with one attached hydrogen (secondary N) is 2. The number of hydrogen-bond donors (Lipinski definition) is 2. The summed E-state index contributed by atoms with van der Waals surface area (Å²) in [5.74, 6) is 0.551. The van der Waals surface area contributed by atoms with Gasteiger partial charge >= 0.3 is 0 Å². The average Bonchev–Trinajstić information content (AvgIpc) is 3.20. The molecule has 2 N–H and O–H groups in total. The third-order valence-electron chi connectivity index (χ3n) is 5.52. The first-order valence-electron chi connectivity index (χ1n) is 9.52. The summed E-state index contributed by atoms with van der Waals surface area (Å²) in [6.45, 7) is 6.67. The second kappa shape index (κ2) is 8.31. The van der Waals surface area contributed by atoms with Crippen LogP contribution in [0, 0.1) is 5.92 Å². The first-order valence-corrected chi connectivity index (χ1v) is 9.52. The van der Waals surface area contributed by atoms with E-state index in [0.29, 0.717) is 18.5 Å². The van der Waals surface area contributed by atoms with Gasteiger partial charge in [-0.2, -0.15) is 0 Å². The van der Waals surface area contributed by atoms with Gasteiger partial charge < -0.3 is 19.8 Å². The predicted molar refractivity (Wildman–Crippen MR) is 101 cm³/mol. The van der Waals surface area contributed by atoms with Crippen LogP contribution in [0.1, 0.15) is 12.0 Å². The third-order valence-corrected chi connectivity index (χ3v) is 5.52. The number of nitrogens with zero attached hydrogens (tertiary/aromatic N) is 1. The van der Waals surface area contributed by atoms with Crippen LogP contribution in [0.5, 0.6) is 0 Å². The van der Waals surface area contributed by atoms with Crippen LogP contribution in [0.15, 0.2) is 35.1 Å². The van der Waals surface area contributed by atoms with Gasteiger partial charge in [0, 0.05) is 55.8 Å². The fourth-order valence-electron chi connectivity index (χ4n) is 4.04. The van der Waals surface area contributed by atoms with Crippen molar-refractivity contribution in [2.75, 3.05) is 46.1 Å². The number of aromatic nitrogens is 1. The highest BCUT2D eigenvalue weighted by atomic mass is 16.5. The van der Waals surface area contributed by atoms with E-state index in [4.69, 9.17) is 9.47 Å². The maximum absolute atomic E-state index is 12.3. The fraction of sp³-hybridized carbons (Fsp3) is 0.550. The van der Waals surface area contributed by atoms with Crippen molar-refractivity contribution in [2.24, 2.45) is 5.92 Å². The Morgan fingerprint density at radius 2 is 2.04 bits per heavy atom. The smallest absolute Gasteiger partial charge is 0.252 e. The molecule has 6 nitrogen and oxygen atoms in total. The van der Waals surface area contributed by atoms with E-state index >= 15 is 0 Å². The zero-order valence-electron chi connectivity index (χ0n) is 15.1. The lowest BCUT2D eigenvalue weighted by molar-refractivity contribution is 0.00137. The maximum Gasteiger partial charge on any atom is 0.252 e. The molecular weight excluding hydrogens is 330 g/mol. The van der Waals surface area contributed by atoms with Crippen molar-refractivity contribution in [3.8, 4) is 0 Å². The van der Waals surface area contributed by atoms with E-state index in [-0.39, 0.29) is 5.56 Å². The number of ether oxygens (including phenoxy) is 2. The first kappa shape index (κ1) is 17.7. The van der Waals surface area contributed by atoms with Crippen LogP contribution in [0.4, 0.5) is 0 Å². The molecule has 0 radical (unpaired) electrons. The van der Waals surface area contributed by atoms with Crippen LogP contribution >= 0.6 is 0 Å². The molecule has 140 valence electrons. The number of aromatic amines is 1. The molecule has 0 unspecified atom stereocenters. The summed E-state index contributed by atoms with van der Waals surface area (Å²) in [7, 11) is 0. The highest BCUT2D eigenvalue weighted by molar-refractivity contribution is 5.78. The zero-order valence-corrected chi connectivity index (χ0v) is 15.1. The van der Waals surface area contributed by atoms with Crippen molar-refractivity contribution in [3.63, 3.8) is 0 Å². The third kappa shape index (κ3) is 3.99. The van der Waals surface area contributed by atoms with E-state index < -0.39 is 0 Å². The lowest BCUT2D eigenvalue weighted by Gasteiger charge is -2.37. The molecule has 2 fully saturated rings. The molecule has 3 heterocycles. The van der Waals surface area contributed by atoms with Gasteiger partial charge in [-0.1, -0.05) is 18.2 Å². The lowest BCUT2D eigenvalue weighted by Crippen LogP contribution is -2.51. The first-order chi connectivity index (χ1) is 12.8. The molecule has 6 heteroatoms. The molecule has 26 heavy (non-hydrogen) atoms. The van der Waals surface area contributed by atoms with Crippen LogP contribution < -0.4 is 10.9 Å². The van der Waals surface area contributed by atoms with Gasteiger partial charge in [0.15, 0.2) is 0 Å². The Kier molecular flexibility index (Phi) is 5.65. The number of rotatable bonds is 6. The highest BCUT2D eigenvalue weighted by Crippen LogP contribution is 2.22. The van der Waals surface area contributed by atoms with Crippen molar-refractivity contribution < 1.29 is 9.47 Å². The average molecular weight is 357 g/mol. The summed E-state index contributed by atoms with van der Waals surface area (Å²) < 4.78 is 11.1. The molecule has 2 aliphatic rings. The van der Waals surface area contributed by atoms with Gasteiger partial charge in [0.1, 0.15) is 0 Å². The zero-order chi connectivity index (χ0) is 17.8. The van der Waals surface area contributed by atoms with Crippen LogP contribution in [0.2, 0.25) is 0 Å². The summed E-state index contributed by atoms with van der Waals surface area (Å²) in [6.07, 6.45) is 1.11. The Morgan fingerprint density at radius 3 is 2.85 bits per heavy atom. The Morgan fingerprint density at radius 1 is 1.19 bits per heavy atom. The lowest BCUT2D eigenvalue weighted by atomic mass is 9.96. The minimum atomic E-state index is -0.0108. The molecule has 0 bridgehead atoms. The van der Waals surface area contributed by atoms with Gasteiger partial charge in [0.05, 0.1) is 19.8 Å². The number of fused-ring (bicyclic) bond motifs is 1. The monoisotopic (exact) mass is 357 g/mol. The van der Waals surface area contributed by atoms with Gasteiger partial charge in [0.25, 0.3) is 5.56 Å². The maximum atomic E-state index is 12.3. The topological polar surface area (TPSA) is 66.6 Å². The minimum Gasteiger partial charge on any atom is -0.381 e. The Hall–Kier alpha value is -1.73. The number of pyridine rings is 1. The molecule has 0 amide bonds. The molecule has 1 aromatic heterocycles. The molecule has 2 aromatic rings.